The van der Waals surface area contributed by atoms with Crippen molar-refractivity contribution in [1.29, 1.82) is 0 Å². The number of aryl methyl sites for hydroxylation is 2. The fraction of sp³-hybridized carbons (Fsp3) is 0.541. The number of nitrogens with two attached hydrogens (primary N) is 2. The number of carbonyl (C=O) groups excluding carboxylic acids is 2. The van der Waals surface area contributed by atoms with Crippen LogP contribution in [-0.4, -0.2) is 47.7 Å². The molecule has 0 aliphatic rings. The first-order chi connectivity index (χ1) is 21.7. The van der Waals surface area contributed by atoms with Crippen LogP contribution < -0.4 is 11.5 Å². The molecular formula is C37H54N2O6S2. The zero-order valence-corrected chi connectivity index (χ0v) is 31.3. The highest BCUT2D eigenvalue weighted by Crippen LogP contribution is 2.36. The Morgan fingerprint density at radius 1 is 0.766 bits per heavy atom. The van der Waals surface area contributed by atoms with E-state index in [0.29, 0.717) is 17.9 Å². The van der Waals surface area contributed by atoms with E-state index in [1.54, 1.807) is 23.5 Å². The summed E-state index contributed by atoms with van der Waals surface area (Å²) in [5.74, 6) is -0.949. The normalized spacial score (nSPS) is 12.1. The fourth-order valence-corrected chi connectivity index (χ4v) is 6.99. The van der Waals surface area contributed by atoms with Gasteiger partial charge in [0, 0.05) is 43.7 Å². The van der Waals surface area contributed by atoms with Gasteiger partial charge < -0.3 is 26.0 Å². The predicted molar refractivity (Wildman–Crippen MR) is 195 cm³/mol. The van der Waals surface area contributed by atoms with Crippen molar-refractivity contribution in [3.8, 4) is 0 Å². The minimum atomic E-state index is -1.14. The molecule has 0 aliphatic heterocycles. The topological polar surface area (TPSA) is 142 Å². The van der Waals surface area contributed by atoms with Gasteiger partial charge in [-0.3, -0.25) is 9.59 Å². The van der Waals surface area contributed by atoms with Crippen LogP contribution in [0.1, 0.15) is 96.4 Å². The minimum Gasteiger partial charge on any atom is -0.478 e. The first-order valence-corrected chi connectivity index (χ1v) is 18.0. The molecule has 0 saturated heterocycles. The molecule has 5 N–H and O–H groups in total. The van der Waals surface area contributed by atoms with Crippen LogP contribution in [0.25, 0.3) is 0 Å². The van der Waals surface area contributed by atoms with Gasteiger partial charge in [0.25, 0.3) is 0 Å². The van der Waals surface area contributed by atoms with Gasteiger partial charge in [-0.2, -0.15) is 0 Å². The second-order valence-corrected chi connectivity index (χ2v) is 16.7. The number of thioether (sulfide) groups is 2. The molecule has 0 heterocycles. The van der Waals surface area contributed by atoms with Gasteiger partial charge in [0.2, 0.25) is 0 Å². The Morgan fingerprint density at radius 2 is 1.15 bits per heavy atom. The third-order valence-electron chi connectivity index (χ3n) is 8.21. The highest BCUT2D eigenvalue weighted by molar-refractivity contribution is 7.99. The lowest BCUT2D eigenvalue weighted by atomic mass is 9.80. The average molecular weight is 687 g/mol. The Kier molecular flexibility index (Phi) is 14.3. The van der Waals surface area contributed by atoms with Crippen LogP contribution in [0.15, 0.2) is 46.2 Å². The monoisotopic (exact) mass is 686 g/mol. The molecule has 47 heavy (non-hydrogen) atoms. The molecule has 2 rings (SSSR count). The predicted octanol–water partition coefficient (Wildman–Crippen LogP) is 8.24. The van der Waals surface area contributed by atoms with E-state index in [1.807, 2.05) is 32.9 Å². The lowest BCUT2D eigenvalue weighted by molar-refractivity contribution is -0.154. The highest BCUT2D eigenvalue weighted by Gasteiger charge is 2.34. The lowest BCUT2D eigenvalue weighted by Gasteiger charge is -2.31. The molecule has 0 atom stereocenters. The number of benzene rings is 2. The van der Waals surface area contributed by atoms with Crippen LogP contribution in [-0.2, 0) is 34.7 Å². The standard InChI is InChI=1S/C37H54N2O6S2/c1-11-37(20-25(4)34(42)43,21-44-30(40)12-14-46-26-16-23(2)32(38)28(18-26)35(5,6)7)22-45-31(41)13-15-47-27-17-24(3)33(39)29(19-27)36(8,9)10/h16-19H,4,11-15,20-22,38-39H2,1-3,5-10H3,(H,42,43). The average Bonchev–Trinajstić information content (AvgIpc) is 2.96. The summed E-state index contributed by atoms with van der Waals surface area (Å²) in [4.78, 5) is 39.3. The Bertz CT molecular complexity index is 1360. The molecule has 0 unspecified atom stereocenters. The van der Waals surface area contributed by atoms with Crippen molar-refractivity contribution in [2.45, 2.75) is 109 Å². The minimum absolute atomic E-state index is 0.0173. The van der Waals surface area contributed by atoms with Crippen molar-refractivity contribution in [3.63, 3.8) is 0 Å². The second kappa shape index (κ2) is 16.8. The van der Waals surface area contributed by atoms with E-state index in [2.05, 4.69) is 60.3 Å². The summed E-state index contributed by atoms with van der Waals surface area (Å²) in [5.41, 5.74) is 17.2. The van der Waals surface area contributed by atoms with Gasteiger partial charge >= 0.3 is 17.9 Å². The zero-order valence-electron chi connectivity index (χ0n) is 29.6. The van der Waals surface area contributed by atoms with E-state index in [4.69, 9.17) is 20.9 Å². The second-order valence-electron chi connectivity index (χ2n) is 14.4. The van der Waals surface area contributed by atoms with E-state index in [-0.39, 0.29) is 48.9 Å². The smallest absolute Gasteiger partial charge is 0.330 e. The van der Waals surface area contributed by atoms with Crippen molar-refractivity contribution in [2.75, 3.05) is 36.2 Å². The van der Waals surface area contributed by atoms with Gasteiger partial charge in [0.05, 0.1) is 12.8 Å². The maximum absolute atomic E-state index is 12.8. The third-order valence-corrected chi connectivity index (χ3v) is 10.2. The number of nitrogen functional groups attached to an aromatic ring is 2. The summed E-state index contributed by atoms with van der Waals surface area (Å²) in [6, 6.07) is 8.19. The van der Waals surface area contributed by atoms with Crippen LogP contribution in [0.4, 0.5) is 11.4 Å². The SMILES string of the molecule is C=C(CC(CC)(COC(=O)CCSc1cc(C)c(N)c(C(C)(C)C)c1)COC(=O)CCSc1cc(C)c(N)c(C(C)(C)C)c1)C(=O)O. The molecule has 0 aromatic heterocycles. The van der Waals surface area contributed by atoms with Gasteiger partial charge in [0.1, 0.15) is 13.2 Å². The number of carboxylic acids is 1. The van der Waals surface area contributed by atoms with Crippen molar-refractivity contribution >= 4 is 52.8 Å². The molecule has 8 nitrogen and oxygen atoms in total. The fourth-order valence-electron chi connectivity index (χ4n) is 5.06. The number of hydrogen-bond donors (Lipinski definition) is 3. The molecule has 0 radical (unpaired) electrons. The summed E-state index contributed by atoms with van der Waals surface area (Å²) >= 11 is 3.11. The van der Waals surface area contributed by atoms with Gasteiger partial charge in [-0.1, -0.05) is 55.0 Å². The Hall–Kier alpha value is -3.11. The van der Waals surface area contributed by atoms with Gasteiger partial charge in [-0.25, -0.2) is 4.79 Å². The Labute approximate surface area is 289 Å². The summed E-state index contributed by atoms with van der Waals surface area (Å²) in [6.45, 7) is 22.0. The van der Waals surface area contributed by atoms with Gasteiger partial charge in [-0.05, 0) is 84.0 Å². The Morgan fingerprint density at radius 3 is 1.47 bits per heavy atom. The Balaban J connectivity index is 1.99. The van der Waals surface area contributed by atoms with E-state index < -0.39 is 23.3 Å². The molecule has 0 bridgehead atoms. The largest absolute Gasteiger partial charge is 0.478 e. The number of anilines is 2. The molecule has 10 heteroatoms. The highest BCUT2D eigenvalue weighted by atomic mass is 32.2. The first kappa shape index (κ1) is 40.1. The zero-order chi connectivity index (χ0) is 35.7. The molecule has 0 aliphatic carbocycles. The molecule has 0 saturated carbocycles. The molecule has 2 aromatic rings. The van der Waals surface area contributed by atoms with Crippen LogP contribution in [0.3, 0.4) is 0 Å². The van der Waals surface area contributed by atoms with Crippen molar-refractivity contribution in [2.24, 2.45) is 5.41 Å². The van der Waals surface area contributed by atoms with Gasteiger partial charge in [0.15, 0.2) is 0 Å². The van der Waals surface area contributed by atoms with E-state index in [9.17, 15) is 19.5 Å². The summed E-state index contributed by atoms with van der Waals surface area (Å²) < 4.78 is 11.3. The molecule has 0 fully saturated rings. The first-order valence-electron chi connectivity index (χ1n) is 16.0. The van der Waals surface area contributed by atoms with Crippen LogP contribution in [0.2, 0.25) is 0 Å². The van der Waals surface area contributed by atoms with Crippen molar-refractivity contribution in [3.05, 3.63) is 58.7 Å². The molecule has 0 spiro atoms. The lowest BCUT2D eigenvalue weighted by Crippen LogP contribution is -2.35. The van der Waals surface area contributed by atoms with Crippen LogP contribution in [0, 0.1) is 19.3 Å². The van der Waals surface area contributed by atoms with Crippen molar-refractivity contribution < 1.29 is 29.0 Å². The number of aliphatic carboxylic acids is 1. The summed E-state index contributed by atoms with van der Waals surface area (Å²) in [6.07, 6.45) is 0.766. The quantitative estimate of drug-likeness (QED) is 0.0684. The van der Waals surface area contributed by atoms with E-state index in [1.165, 1.54) is 0 Å². The molecule has 260 valence electrons. The van der Waals surface area contributed by atoms with Crippen LogP contribution >= 0.6 is 23.5 Å². The third kappa shape index (κ3) is 12.1. The summed E-state index contributed by atoms with van der Waals surface area (Å²) in [7, 11) is 0. The van der Waals surface area contributed by atoms with Crippen LogP contribution in [0.5, 0.6) is 0 Å². The van der Waals surface area contributed by atoms with E-state index >= 15 is 0 Å². The van der Waals surface area contributed by atoms with E-state index in [0.717, 1.165) is 43.4 Å². The van der Waals surface area contributed by atoms with Crippen molar-refractivity contribution in [1.82, 2.24) is 0 Å². The maximum atomic E-state index is 12.8. The number of ether oxygens (including phenoxy) is 2. The number of hydrogen-bond acceptors (Lipinski definition) is 9. The van der Waals surface area contributed by atoms with Gasteiger partial charge in [-0.15, -0.1) is 23.5 Å². The number of carbonyl (C=O) groups is 3. The molecular weight excluding hydrogens is 633 g/mol. The number of rotatable bonds is 16. The number of esters is 2. The molecule has 2 aromatic carbocycles. The number of carboxylic acid groups (broad SMARTS) is 1. The summed E-state index contributed by atoms with van der Waals surface area (Å²) in [5, 5.41) is 9.52. The maximum Gasteiger partial charge on any atom is 0.330 e. The molecule has 0 amide bonds.